The molecule has 0 radical (unpaired) electrons. The molecule has 220 valence electrons. The number of amides is 1. The average Bonchev–Trinajstić information content (AvgIpc) is 3.34. The van der Waals surface area contributed by atoms with E-state index in [1.807, 2.05) is 77.2 Å². The van der Waals surface area contributed by atoms with Gasteiger partial charge in [-0.2, -0.15) is 0 Å². The normalized spacial score (nSPS) is 16.3. The molecule has 2 aromatic heterocycles. The predicted molar refractivity (Wildman–Crippen MR) is 167 cm³/mol. The number of fused-ring (bicyclic) bond motifs is 1. The zero-order valence-corrected chi connectivity index (χ0v) is 24.4. The smallest absolute Gasteiger partial charge is 0.246 e. The van der Waals surface area contributed by atoms with Gasteiger partial charge < -0.3 is 24.7 Å². The lowest BCUT2D eigenvalue weighted by Crippen LogP contribution is -2.38. The van der Waals surface area contributed by atoms with Crippen molar-refractivity contribution in [3.63, 3.8) is 0 Å². The first-order chi connectivity index (χ1) is 21.1. The van der Waals surface area contributed by atoms with Gasteiger partial charge in [-0.3, -0.25) is 9.69 Å². The van der Waals surface area contributed by atoms with E-state index in [1.165, 1.54) is 6.33 Å². The van der Waals surface area contributed by atoms with Gasteiger partial charge in [0.05, 0.1) is 18.6 Å². The minimum atomic E-state index is 0.0735. The van der Waals surface area contributed by atoms with Gasteiger partial charge in [-0.25, -0.2) is 9.97 Å². The number of hydrogen-bond acceptors (Lipinski definition) is 7. The quantitative estimate of drug-likeness (QED) is 0.267. The van der Waals surface area contributed by atoms with Crippen LogP contribution in [-0.2, 0) is 16.6 Å². The number of morpholine rings is 1. The van der Waals surface area contributed by atoms with Crippen molar-refractivity contribution in [3.8, 4) is 34.5 Å². The van der Waals surface area contributed by atoms with Crippen LogP contribution in [0, 0.1) is 17.8 Å². The molecule has 2 saturated heterocycles. The van der Waals surface area contributed by atoms with Crippen LogP contribution in [0.4, 0.5) is 5.82 Å². The van der Waals surface area contributed by atoms with Gasteiger partial charge in [-0.05, 0) is 48.6 Å². The summed E-state index contributed by atoms with van der Waals surface area (Å²) in [5.74, 6) is 9.16. The van der Waals surface area contributed by atoms with E-state index in [2.05, 4.69) is 26.7 Å². The third-order valence-electron chi connectivity index (χ3n) is 8.05. The van der Waals surface area contributed by atoms with Crippen LogP contribution in [0.25, 0.3) is 22.2 Å². The molecule has 9 heteroatoms. The van der Waals surface area contributed by atoms with E-state index in [9.17, 15) is 4.79 Å². The number of hydrogen-bond donors (Lipinski definition) is 1. The summed E-state index contributed by atoms with van der Waals surface area (Å²) in [7, 11) is 1.96. The summed E-state index contributed by atoms with van der Waals surface area (Å²) in [6.07, 6.45) is 6.84. The second kappa shape index (κ2) is 13.1. The lowest BCUT2D eigenvalue weighted by atomic mass is 9.96. The summed E-state index contributed by atoms with van der Waals surface area (Å²) in [6.45, 7) is 5.51. The summed E-state index contributed by atoms with van der Waals surface area (Å²) < 4.78 is 13.4. The van der Waals surface area contributed by atoms with E-state index in [-0.39, 0.29) is 11.8 Å². The molecule has 2 aliphatic rings. The molecule has 4 heterocycles. The number of para-hydroxylation sites is 1. The van der Waals surface area contributed by atoms with Gasteiger partial charge in [-0.15, -0.1) is 0 Å². The Morgan fingerprint density at radius 1 is 1.02 bits per heavy atom. The third-order valence-corrected chi connectivity index (χ3v) is 8.05. The molecule has 9 nitrogen and oxygen atoms in total. The molecular formula is C34H36N6O3. The van der Waals surface area contributed by atoms with Crippen molar-refractivity contribution in [2.45, 2.75) is 12.8 Å². The maximum Gasteiger partial charge on any atom is 0.246 e. The SMILES string of the molecule is Cn1c(C#CC2CCN(C(=O)/C=C/CN3CCOCC3)CC2)c(-c2ccc(Oc3ccccc3)cc2)c2c(N)ncnc21. The number of carbonyl (C=O) groups is 1. The van der Waals surface area contributed by atoms with Gasteiger partial charge in [0, 0.05) is 57.3 Å². The number of anilines is 1. The summed E-state index contributed by atoms with van der Waals surface area (Å²) in [5.41, 5.74) is 9.82. The van der Waals surface area contributed by atoms with Crippen LogP contribution >= 0.6 is 0 Å². The molecule has 43 heavy (non-hydrogen) atoms. The first-order valence-corrected chi connectivity index (χ1v) is 14.8. The van der Waals surface area contributed by atoms with E-state index in [4.69, 9.17) is 15.2 Å². The first kappa shape index (κ1) is 28.5. The van der Waals surface area contributed by atoms with Crippen LogP contribution in [-0.4, -0.2) is 76.2 Å². The van der Waals surface area contributed by atoms with Gasteiger partial charge in [0.1, 0.15) is 35.0 Å². The highest BCUT2D eigenvalue weighted by Gasteiger charge is 2.22. The zero-order valence-electron chi connectivity index (χ0n) is 24.4. The molecule has 2 aliphatic heterocycles. The van der Waals surface area contributed by atoms with Gasteiger partial charge in [0.2, 0.25) is 5.91 Å². The third kappa shape index (κ3) is 6.56. The van der Waals surface area contributed by atoms with Crippen LogP contribution in [0.15, 0.2) is 73.1 Å². The van der Waals surface area contributed by atoms with E-state index >= 15 is 0 Å². The molecule has 2 aromatic carbocycles. The Kier molecular flexibility index (Phi) is 8.68. The minimum Gasteiger partial charge on any atom is -0.457 e. The molecule has 0 atom stereocenters. The Bertz CT molecular complexity index is 1660. The zero-order chi connectivity index (χ0) is 29.6. The van der Waals surface area contributed by atoms with Crippen molar-refractivity contribution < 1.29 is 14.3 Å². The van der Waals surface area contributed by atoms with Crippen molar-refractivity contribution >= 4 is 22.8 Å². The van der Waals surface area contributed by atoms with Crippen molar-refractivity contribution in [1.82, 2.24) is 24.3 Å². The van der Waals surface area contributed by atoms with E-state index in [1.54, 1.807) is 6.08 Å². The van der Waals surface area contributed by atoms with Crippen molar-refractivity contribution in [2.75, 3.05) is 51.7 Å². The molecule has 0 saturated carbocycles. The standard InChI is InChI=1S/C34H36N6O3/c1-38-29(14-9-25-15-18-40(19-16-25)30(41)8-5-17-39-20-22-42-23-21-39)31(32-33(35)36-24-37-34(32)38)26-10-12-28(13-11-26)43-27-6-3-2-4-7-27/h2-8,10-13,24-25H,15-23H2,1H3,(H2,35,36,37)/b8-5+. The highest BCUT2D eigenvalue weighted by Crippen LogP contribution is 2.37. The Morgan fingerprint density at radius 3 is 2.49 bits per heavy atom. The molecular weight excluding hydrogens is 540 g/mol. The monoisotopic (exact) mass is 576 g/mol. The maximum atomic E-state index is 12.8. The number of ether oxygens (including phenoxy) is 2. The second-order valence-electron chi connectivity index (χ2n) is 10.9. The number of nitrogen functional groups attached to an aromatic ring is 1. The van der Waals surface area contributed by atoms with E-state index in [0.29, 0.717) is 18.9 Å². The van der Waals surface area contributed by atoms with E-state index < -0.39 is 0 Å². The van der Waals surface area contributed by atoms with Gasteiger partial charge in [0.15, 0.2) is 0 Å². The van der Waals surface area contributed by atoms with Crippen LogP contribution in [0.1, 0.15) is 18.5 Å². The number of rotatable bonds is 6. The lowest BCUT2D eigenvalue weighted by Gasteiger charge is -2.29. The Morgan fingerprint density at radius 2 is 1.74 bits per heavy atom. The maximum absolute atomic E-state index is 12.8. The number of piperidine rings is 1. The number of likely N-dealkylation sites (tertiary alicyclic amines) is 1. The van der Waals surface area contributed by atoms with Crippen LogP contribution in [0.2, 0.25) is 0 Å². The molecule has 0 spiro atoms. The van der Waals surface area contributed by atoms with Crippen molar-refractivity contribution in [3.05, 3.63) is 78.8 Å². The highest BCUT2D eigenvalue weighted by molar-refractivity contribution is 6.03. The van der Waals surface area contributed by atoms with Crippen molar-refractivity contribution in [1.29, 1.82) is 0 Å². The molecule has 0 unspecified atom stereocenters. The van der Waals surface area contributed by atoms with Crippen LogP contribution in [0.3, 0.4) is 0 Å². The molecule has 1 amide bonds. The largest absolute Gasteiger partial charge is 0.457 e. The second-order valence-corrected chi connectivity index (χ2v) is 10.9. The fourth-order valence-corrected chi connectivity index (χ4v) is 5.62. The van der Waals surface area contributed by atoms with Crippen molar-refractivity contribution in [2.24, 2.45) is 13.0 Å². The summed E-state index contributed by atoms with van der Waals surface area (Å²) in [6, 6.07) is 17.6. The fraction of sp³-hybridized carbons (Fsp3) is 0.324. The van der Waals surface area contributed by atoms with Gasteiger partial charge in [-0.1, -0.05) is 42.3 Å². The summed E-state index contributed by atoms with van der Waals surface area (Å²) in [5, 5.41) is 0.787. The number of benzene rings is 2. The van der Waals surface area contributed by atoms with Crippen LogP contribution < -0.4 is 10.5 Å². The predicted octanol–water partition coefficient (Wildman–Crippen LogP) is 4.49. The Labute approximate surface area is 251 Å². The van der Waals surface area contributed by atoms with E-state index in [0.717, 1.165) is 85.0 Å². The molecule has 2 fully saturated rings. The van der Waals surface area contributed by atoms with Crippen LogP contribution in [0.5, 0.6) is 11.5 Å². The van der Waals surface area contributed by atoms with Gasteiger partial charge >= 0.3 is 0 Å². The lowest BCUT2D eigenvalue weighted by molar-refractivity contribution is -0.127. The average molecular weight is 577 g/mol. The first-order valence-electron chi connectivity index (χ1n) is 14.8. The molecule has 4 aromatic rings. The topological polar surface area (TPSA) is 98.7 Å². The number of aromatic nitrogens is 3. The number of nitrogens with two attached hydrogens (primary N) is 1. The number of nitrogens with zero attached hydrogens (tertiary/aromatic N) is 5. The minimum absolute atomic E-state index is 0.0735. The number of aryl methyl sites for hydroxylation is 1. The molecule has 0 bridgehead atoms. The molecule has 6 rings (SSSR count). The Hall–Kier alpha value is -4.65. The Balaban J connectivity index is 1.17. The summed E-state index contributed by atoms with van der Waals surface area (Å²) >= 11 is 0. The highest BCUT2D eigenvalue weighted by atomic mass is 16.5. The summed E-state index contributed by atoms with van der Waals surface area (Å²) in [4.78, 5) is 25.8. The number of carbonyl (C=O) groups excluding carboxylic acids is 1. The fourth-order valence-electron chi connectivity index (χ4n) is 5.62. The van der Waals surface area contributed by atoms with Gasteiger partial charge in [0.25, 0.3) is 0 Å². The molecule has 2 N–H and O–H groups in total. The molecule has 0 aliphatic carbocycles.